The van der Waals surface area contributed by atoms with Crippen molar-refractivity contribution in [2.45, 2.75) is 39.3 Å². The second-order valence-electron chi connectivity index (χ2n) is 4.82. The molecule has 18 heavy (non-hydrogen) atoms. The third-order valence-electron chi connectivity index (χ3n) is 3.23. The molecule has 4 nitrogen and oxygen atoms in total. The van der Waals surface area contributed by atoms with Crippen molar-refractivity contribution < 1.29 is 4.79 Å². The molecule has 1 aromatic rings. The van der Waals surface area contributed by atoms with Gasteiger partial charge in [-0.2, -0.15) is 0 Å². The van der Waals surface area contributed by atoms with Crippen LogP contribution in [0.25, 0.3) is 0 Å². The van der Waals surface area contributed by atoms with Crippen LogP contribution in [0.1, 0.15) is 31.0 Å². The Kier molecular flexibility index (Phi) is 4.31. The van der Waals surface area contributed by atoms with Gasteiger partial charge in [0.05, 0.1) is 6.54 Å². The number of hydrogen-bond acceptors (Lipinski definition) is 3. The number of carbonyl (C=O) groups is 1. The summed E-state index contributed by atoms with van der Waals surface area (Å²) in [6.45, 7) is 5.94. The number of likely N-dealkylation sites (N-methyl/N-ethyl adjacent to an activating group) is 1. The van der Waals surface area contributed by atoms with Crippen molar-refractivity contribution in [2.24, 2.45) is 0 Å². The number of pyridine rings is 1. The van der Waals surface area contributed by atoms with E-state index < -0.39 is 0 Å². The fraction of sp³-hybridized carbons (Fsp3) is 0.571. The zero-order valence-corrected chi connectivity index (χ0v) is 11.1. The summed E-state index contributed by atoms with van der Waals surface area (Å²) in [5.74, 6) is 0.208. The Morgan fingerprint density at radius 3 is 2.83 bits per heavy atom. The van der Waals surface area contributed by atoms with Gasteiger partial charge in [0.25, 0.3) is 0 Å². The summed E-state index contributed by atoms with van der Waals surface area (Å²) in [6, 6.07) is 4.53. The van der Waals surface area contributed by atoms with Gasteiger partial charge in [-0.3, -0.25) is 9.78 Å². The van der Waals surface area contributed by atoms with Gasteiger partial charge in [-0.05, 0) is 38.3 Å². The summed E-state index contributed by atoms with van der Waals surface area (Å²) >= 11 is 0. The molecule has 0 spiro atoms. The molecule has 1 saturated carbocycles. The van der Waals surface area contributed by atoms with Crippen molar-refractivity contribution >= 4 is 5.91 Å². The van der Waals surface area contributed by atoms with E-state index in [-0.39, 0.29) is 5.91 Å². The van der Waals surface area contributed by atoms with Crippen molar-refractivity contribution in [3.05, 3.63) is 29.6 Å². The summed E-state index contributed by atoms with van der Waals surface area (Å²) in [6.07, 6.45) is 4.19. The van der Waals surface area contributed by atoms with Crippen molar-refractivity contribution in [2.75, 3.05) is 13.1 Å². The predicted octanol–water partition coefficient (Wildman–Crippen LogP) is 1.49. The first-order valence-electron chi connectivity index (χ1n) is 6.62. The summed E-state index contributed by atoms with van der Waals surface area (Å²) in [7, 11) is 0. The molecule has 1 aromatic heterocycles. The Bertz CT molecular complexity index is 398. The molecule has 0 radical (unpaired) electrons. The van der Waals surface area contributed by atoms with Gasteiger partial charge in [-0.1, -0.05) is 6.07 Å². The minimum atomic E-state index is 0.208. The van der Waals surface area contributed by atoms with E-state index in [4.69, 9.17) is 0 Å². The van der Waals surface area contributed by atoms with Crippen molar-refractivity contribution in [3.8, 4) is 0 Å². The maximum Gasteiger partial charge on any atom is 0.236 e. The monoisotopic (exact) mass is 247 g/mol. The average Bonchev–Trinajstić information content (AvgIpc) is 3.17. The maximum absolute atomic E-state index is 11.9. The zero-order valence-electron chi connectivity index (χ0n) is 11.1. The lowest BCUT2D eigenvalue weighted by molar-refractivity contribution is -0.130. The van der Waals surface area contributed by atoms with Crippen LogP contribution < -0.4 is 5.32 Å². The third kappa shape index (κ3) is 3.53. The normalized spacial score (nSPS) is 14.6. The van der Waals surface area contributed by atoms with Crippen LogP contribution in [0.5, 0.6) is 0 Å². The van der Waals surface area contributed by atoms with Crippen LogP contribution in [0.2, 0.25) is 0 Å². The Balaban J connectivity index is 1.74. The van der Waals surface area contributed by atoms with E-state index in [1.165, 1.54) is 12.8 Å². The highest BCUT2D eigenvalue weighted by Gasteiger charge is 2.30. The van der Waals surface area contributed by atoms with Gasteiger partial charge in [0.1, 0.15) is 0 Å². The van der Waals surface area contributed by atoms with Gasteiger partial charge in [0.2, 0.25) is 5.91 Å². The van der Waals surface area contributed by atoms with E-state index >= 15 is 0 Å². The summed E-state index contributed by atoms with van der Waals surface area (Å²) < 4.78 is 0. The molecule has 1 amide bonds. The van der Waals surface area contributed by atoms with Gasteiger partial charge in [0, 0.05) is 31.0 Å². The highest BCUT2D eigenvalue weighted by Crippen LogP contribution is 2.26. The first-order valence-corrected chi connectivity index (χ1v) is 6.62. The first kappa shape index (κ1) is 13.0. The number of rotatable bonds is 6. The number of aryl methyl sites for hydroxylation is 1. The molecule has 98 valence electrons. The van der Waals surface area contributed by atoms with Crippen LogP contribution in [0.4, 0.5) is 0 Å². The fourth-order valence-electron chi connectivity index (χ4n) is 2.04. The molecule has 1 heterocycles. The van der Waals surface area contributed by atoms with Crippen molar-refractivity contribution in [1.82, 2.24) is 15.2 Å². The van der Waals surface area contributed by atoms with Crippen molar-refractivity contribution in [1.29, 1.82) is 0 Å². The fourth-order valence-corrected chi connectivity index (χ4v) is 2.04. The molecule has 0 aromatic carbocycles. The number of aromatic nitrogens is 1. The number of carbonyl (C=O) groups excluding carboxylic acids is 1. The average molecular weight is 247 g/mol. The second-order valence-corrected chi connectivity index (χ2v) is 4.82. The molecule has 1 fully saturated rings. The van der Waals surface area contributed by atoms with Crippen LogP contribution in [0, 0.1) is 6.92 Å². The summed E-state index contributed by atoms with van der Waals surface area (Å²) in [5, 5.41) is 3.19. The van der Waals surface area contributed by atoms with E-state index in [0.717, 1.165) is 17.8 Å². The minimum absolute atomic E-state index is 0.208. The van der Waals surface area contributed by atoms with Gasteiger partial charge < -0.3 is 10.2 Å². The molecule has 1 aliphatic rings. The van der Waals surface area contributed by atoms with Crippen LogP contribution in [0.3, 0.4) is 0 Å². The molecule has 4 heteroatoms. The molecule has 0 aliphatic heterocycles. The lowest BCUT2D eigenvalue weighted by Crippen LogP contribution is -2.39. The lowest BCUT2D eigenvalue weighted by atomic mass is 10.2. The van der Waals surface area contributed by atoms with E-state index in [2.05, 4.69) is 10.3 Å². The first-order chi connectivity index (χ1) is 8.70. The minimum Gasteiger partial charge on any atom is -0.339 e. The molecular weight excluding hydrogens is 226 g/mol. The van der Waals surface area contributed by atoms with Crippen molar-refractivity contribution in [3.63, 3.8) is 0 Å². The molecule has 0 saturated heterocycles. The highest BCUT2D eigenvalue weighted by molar-refractivity contribution is 5.78. The molecule has 0 unspecified atom stereocenters. The van der Waals surface area contributed by atoms with Gasteiger partial charge in [-0.15, -0.1) is 0 Å². The lowest BCUT2D eigenvalue weighted by Gasteiger charge is -2.20. The largest absolute Gasteiger partial charge is 0.339 e. The predicted molar refractivity (Wildman–Crippen MR) is 71.1 cm³/mol. The van der Waals surface area contributed by atoms with Gasteiger partial charge in [-0.25, -0.2) is 0 Å². The van der Waals surface area contributed by atoms with E-state index in [9.17, 15) is 4.79 Å². The second kappa shape index (κ2) is 5.96. The zero-order chi connectivity index (χ0) is 13.0. The maximum atomic E-state index is 11.9. The van der Waals surface area contributed by atoms with E-state index in [1.807, 2.05) is 37.1 Å². The highest BCUT2D eigenvalue weighted by atomic mass is 16.2. The van der Waals surface area contributed by atoms with E-state index in [1.54, 1.807) is 0 Å². The molecule has 0 bridgehead atoms. The Hall–Kier alpha value is -1.42. The molecular formula is C14H21N3O. The van der Waals surface area contributed by atoms with Gasteiger partial charge in [0.15, 0.2) is 0 Å². The standard InChI is InChI=1S/C14H21N3O/c1-3-17(13-6-7-13)14(18)10-15-8-12-5-4-11(2)16-9-12/h4-5,9,13,15H,3,6-8,10H2,1-2H3. The molecule has 0 atom stereocenters. The topological polar surface area (TPSA) is 45.2 Å². The van der Waals surface area contributed by atoms with Crippen LogP contribution in [-0.2, 0) is 11.3 Å². The summed E-state index contributed by atoms with van der Waals surface area (Å²) in [4.78, 5) is 18.2. The number of hydrogen-bond donors (Lipinski definition) is 1. The van der Waals surface area contributed by atoms with Crippen LogP contribution >= 0.6 is 0 Å². The molecule has 2 rings (SSSR count). The Labute approximate surface area is 108 Å². The SMILES string of the molecule is CCN(C(=O)CNCc1ccc(C)nc1)C1CC1. The van der Waals surface area contributed by atoms with Gasteiger partial charge >= 0.3 is 0 Å². The molecule has 1 aliphatic carbocycles. The van der Waals surface area contributed by atoms with Crippen LogP contribution in [0.15, 0.2) is 18.3 Å². The Morgan fingerprint density at radius 2 is 2.28 bits per heavy atom. The smallest absolute Gasteiger partial charge is 0.236 e. The number of amides is 1. The Morgan fingerprint density at radius 1 is 1.50 bits per heavy atom. The third-order valence-corrected chi connectivity index (χ3v) is 3.23. The number of nitrogens with one attached hydrogen (secondary N) is 1. The quantitative estimate of drug-likeness (QED) is 0.828. The van der Waals surface area contributed by atoms with Crippen LogP contribution in [-0.4, -0.2) is 34.9 Å². The number of nitrogens with zero attached hydrogens (tertiary/aromatic N) is 2. The van der Waals surface area contributed by atoms with E-state index in [0.29, 0.717) is 19.1 Å². The molecule has 1 N–H and O–H groups in total. The summed E-state index contributed by atoms with van der Waals surface area (Å²) in [5.41, 5.74) is 2.13.